The summed E-state index contributed by atoms with van der Waals surface area (Å²) in [5.41, 5.74) is 1.34. The second-order valence-corrected chi connectivity index (χ2v) is 5.37. The van der Waals surface area contributed by atoms with Crippen LogP contribution in [0.1, 0.15) is 18.4 Å². The van der Waals surface area contributed by atoms with Crippen LogP contribution in [0.2, 0.25) is 0 Å². The fraction of sp³-hybridized carbons (Fsp3) is 0.375. The van der Waals surface area contributed by atoms with Crippen LogP contribution in [0.25, 0.3) is 5.57 Å². The van der Waals surface area contributed by atoms with Gasteiger partial charge in [0.25, 0.3) is 11.8 Å². The Morgan fingerprint density at radius 2 is 1.80 bits per heavy atom. The van der Waals surface area contributed by atoms with Crippen LogP contribution in [0.15, 0.2) is 36.4 Å². The Bertz CT molecular complexity index is 545. The van der Waals surface area contributed by atoms with Crippen LogP contribution in [0.4, 0.5) is 0 Å². The van der Waals surface area contributed by atoms with E-state index in [1.54, 1.807) is 0 Å². The highest BCUT2D eigenvalue weighted by Crippen LogP contribution is 2.25. The largest absolute Gasteiger partial charge is 0.317 e. The summed E-state index contributed by atoms with van der Waals surface area (Å²) in [6.07, 6.45) is 3.52. The zero-order valence-electron chi connectivity index (χ0n) is 11.3. The number of piperidine rings is 1. The molecule has 4 nitrogen and oxygen atoms in total. The highest BCUT2D eigenvalue weighted by molar-refractivity contribution is 6.33. The molecule has 2 aliphatic heterocycles. The van der Waals surface area contributed by atoms with E-state index in [-0.39, 0.29) is 11.8 Å². The minimum absolute atomic E-state index is 0.153. The molecule has 0 bridgehead atoms. The Morgan fingerprint density at radius 1 is 1.10 bits per heavy atom. The molecule has 0 saturated carbocycles. The highest BCUT2D eigenvalue weighted by atomic mass is 16.2. The summed E-state index contributed by atoms with van der Waals surface area (Å²) in [4.78, 5) is 25.9. The Labute approximate surface area is 118 Å². The summed E-state index contributed by atoms with van der Waals surface area (Å²) in [6, 6.07) is 9.39. The lowest BCUT2D eigenvalue weighted by atomic mass is 9.97. The third kappa shape index (κ3) is 2.51. The summed E-state index contributed by atoms with van der Waals surface area (Å²) in [5, 5.41) is 3.30. The molecule has 1 fully saturated rings. The summed E-state index contributed by atoms with van der Waals surface area (Å²) < 4.78 is 0. The number of rotatable bonds is 3. The SMILES string of the molecule is O=C1C=C(c2ccccc2)C(=O)N1CC1CCNCC1. The topological polar surface area (TPSA) is 49.4 Å². The molecular weight excluding hydrogens is 252 g/mol. The molecule has 1 aromatic rings. The second-order valence-electron chi connectivity index (χ2n) is 5.37. The van der Waals surface area contributed by atoms with Gasteiger partial charge in [-0.15, -0.1) is 0 Å². The van der Waals surface area contributed by atoms with Gasteiger partial charge in [-0.1, -0.05) is 30.3 Å². The molecule has 0 aromatic heterocycles. The van der Waals surface area contributed by atoms with E-state index in [4.69, 9.17) is 0 Å². The fourth-order valence-corrected chi connectivity index (χ4v) is 2.83. The first kappa shape index (κ1) is 13.1. The standard InChI is InChI=1S/C16H18N2O2/c19-15-10-14(13-4-2-1-3-5-13)16(20)18(15)11-12-6-8-17-9-7-12/h1-5,10,12,17H,6-9,11H2. The Morgan fingerprint density at radius 3 is 2.50 bits per heavy atom. The van der Waals surface area contributed by atoms with Crippen LogP contribution >= 0.6 is 0 Å². The second kappa shape index (κ2) is 5.59. The number of nitrogens with zero attached hydrogens (tertiary/aromatic N) is 1. The van der Waals surface area contributed by atoms with Crippen LogP contribution in [0, 0.1) is 5.92 Å². The van der Waals surface area contributed by atoms with Crippen LogP contribution in [-0.4, -0.2) is 36.3 Å². The van der Waals surface area contributed by atoms with E-state index in [9.17, 15) is 9.59 Å². The molecule has 0 atom stereocenters. The van der Waals surface area contributed by atoms with E-state index in [1.165, 1.54) is 11.0 Å². The predicted octanol–water partition coefficient (Wildman–Crippen LogP) is 1.44. The van der Waals surface area contributed by atoms with Crippen molar-refractivity contribution in [3.8, 4) is 0 Å². The third-order valence-corrected chi connectivity index (χ3v) is 3.99. The molecule has 3 rings (SSSR count). The summed E-state index contributed by atoms with van der Waals surface area (Å²) in [7, 11) is 0. The number of nitrogens with one attached hydrogen (secondary N) is 1. The molecule has 1 saturated heterocycles. The first-order chi connectivity index (χ1) is 9.75. The number of carbonyl (C=O) groups is 2. The number of benzene rings is 1. The van der Waals surface area contributed by atoms with Gasteiger partial charge in [0, 0.05) is 12.6 Å². The van der Waals surface area contributed by atoms with Gasteiger partial charge in [-0.2, -0.15) is 0 Å². The van der Waals surface area contributed by atoms with Gasteiger partial charge >= 0.3 is 0 Å². The molecule has 0 aliphatic carbocycles. The number of hydrogen-bond acceptors (Lipinski definition) is 3. The highest BCUT2D eigenvalue weighted by Gasteiger charge is 2.33. The first-order valence-corrected chi connectivity index (χ1v) is 7.09. The maximum Gasteiger partial charge on any atom is 0.261 e. The minimum atomic E-state index is -0.174. The first-order valence-electron chi connectivity index (χ1n) is 7.09. The van der Waals surface area contributed by atoms with Gasteiger partial charge in [0.05, 0.1) is 5.57 Å². The minimum Gasteiger partial charge on any atom is -0.317 e. The monoisotopic (exact) mass is 270 g/mol. The van der Waals surface area contributed by atoms with E-state index in [2.05, 4.69) is 5.32 Å². The summed E-state index contributed by atoms with van der Waals surface area (Å²) >= 11 is 0. The molecule has 2 heterocycles. The average Bonchev–Trinajstić information content (AvgIpc) is 2.77. The van der Waals surface area contributed by atoms with E-state index in [1.807, 2.05) is 30.3 Å². The molecule has 4 heteroatoms. The maximum absolute atomic E-state index is 12.4. The van der Waals surface area contributed by atoms with Gasteiger partial charge in [0.15, 0.2) is 0 Å². The van der Waals surface area contributed by atoms with Crippen molar-refractivity contribution in [1.82, 2.24) is 10.2 Å². The van der Waals surface area contributed by atoms with E-state index in [0.29, 0.717) is 18.0 Å². The number of imide groups is 1. The van der Waals surface area contributed by atoms with E-state index >= 15 is 0 Å². The van der Waals surface area contributed by atoms with Gasteiger partial charge < -0.3 is 5.32 Å². The van der Waals surface area contributed by atoms with Crippen molar-refractivity contribution in [3.63, 3.8) is 0 Å². The van der Waals surface area contributed by atoms with Crippen LogP contribution in [0.3, 0.4) is 0 Å². The van der Waals surface area contributed by atoms with Crippen molar-refractivity contribution in [1.29, 1.82) is 0 Å². The molecule has 1 N–H and O–H groups in total. The van der Waals surface area contributed by atoms with Crippen molar-refractivity contribution in [3.05, 3.63) is 42.0 Å². The number of hydrogen-bond donors (Lipinski definition) is 1. The van der Waals surface area contributed by atoms with Gasteiger partial charge in [-0.05, 0) is 37.4 Å². The zero-order valence-corrected chi connectivity index (χ0v) is 11.3. The molecule has 0 radical (unpaired) electrons. The Kier molecular flexibility index (Phi) is 3.65. The number of carbonyl (C=O) groups excluding carboxylic acids is 2. The molecular formula is C16H18N2O2. The summed E-state index contributed by atoms with van der Waals surface area (Å²) in [6.45, 7) is 2.49. The van der Waals surface area contributed by atoms with Crippen molar-refractivity contribution in [2.24, 2.45) is 5.92 Å². The van der Waals surface area contributed by atoms with Crippen molar-refractivity contribution >= 4 is 17.4 Å². The van der Waals surface area contributed by atoms with Crippen molar-refractivity contribution in [2.45, 2.75) is 12.8 Å². The Balaban J connectivity index is 1.73. The molecule has 104 valence electrons. The molecule has 2 amide bonds. The quantitative estimate of drug-likeness (QED) is 0.846. The normalized spacial score (nSPS) is 20.4. The smallest absolute Gasteiger partial charge is 0.261 e. The predicted molar refractivity (Wildman–Crippen MR) is 76.7 cm³/mol. The zero-order chi connectivity index (χ0) is 13.9. The van der Waals surface area contributed by atoms with Gasteiger partial charge in [-0.3, -0.25) is 14.5 Å². The van der Waals surface area contributed by atoms with Crippen molar-refractivity contribution in [2.75, 3.05) is 19.6 Å². The molecule has 2 aliphatic rings. The number of amides is 2. The van der Waals surface area contributed by atoms with Gasteiger partial charge in [0.1, 0.15) is 0 Å². The molecule has 20 heavy (non-hydrogen) atoms. The van der Waals surface area contributed by atoms with Gasteiger partial charge in [0.2, 0.25) is 0 Å². The lowest BCUT2D eigenvalue weighted by molar-refractivity contribution is -0.137. The molecule has 0 unspecified atom stereocenters. The third-order valence-electron chi connectivity index (χ3n) is 3.99. The fourth-order valence-electron chi connectivity index (χ4n) is 2.83. The summed E-state index contributed by atoms with van der Waals surface area (Å²) in [5.74, 6) is 0.0970. The Hall–Kier alpha value is -1.94. The van der Waals surface area contributed by atoms with Gasteiger partial charge in [-0.25, -0.2) is 0 Å². The lowest BCUT2D eigenvalue weighted by Crippen LogP contribution is -2.39. The lowest BCUT2D eigenvalue weighted by Gasteiger charge is -2.26. The van der Waals surface area contributed by atoms with E-state index in [0.717, 1.165) is 31.5 Å². The van der Waals surface area contributed by atoms with Crippen LogP contribution < -0.4 is 5.32 Å². The molecule has 1 aromatic carbocycles. The van der Waals surface area contributed by atoms with Crippen LogP contribution in [0.5, 0.6) is 0 Å². The maximum atomic E-state index is 12.4. The van der Waals surface area contributed by atoms with Crippen LogP contribution in [-0.2, 0) is 9.59 Å². The van der Waals surface area contributed by atoms with E-state index < -0.39 is 0 Å². The average molecular weight is 270 g/mol. The molecule has 0 spiro atoms. The van der Waals surface area contributed by atoms with Crippen molar-refractivity contribution < 1.29 is 9.59 Å².